The highest BCUT2D eigenvalue weighted by molar-refractivity contribution is 5.82. The molecule has 0 radical (unpaired) electrons. The lowest BCUT2D eigenvalue weighted by molar-refractivity contribution is 1.07. The summed E-state index contributed by atoms with van der Waals surface area (Å²) < 4.78 is 0. The van der Waals surface area contributed by atoms with E-state index >= 15 is 0 Å². The normalized spacial score (nSPS) is 11.1. The molecule has 0 amide bonds. The van der Waals surface area contributed by atoms with Gasteiger partial charge in [-0.05, 0) is 142 Å². The van der Waals surface area contributed by atoms with Gasteiger partial charge in [-0.1, -0.05) is 187 Å². The molecule has 0 fully saturated rings. The third-order valence-electron chi connectivity index (χ3n) is 12.1. The Kier molecular flexibility index (Phi) is 10.9. The molecular formula is C61H47N3. The molecule has 0 bridgehead atoms. The van der Waals surface area contributed by atoms with Crippen LogP contribution in [-0.4, -0.2) is 15.0 Å². The third kappa shape index (κ3) is 8.44. The predicted molar refractivity (Wildman–Crippen MR) is 268 cm³/mol. The van der Waals surface area contributed by atoms with E-state index < -0.39 is 0 Å². The van der Waals surface area contributed by atoms with E-state index in [9.17, 15) is 0 Å². The Balaban J connectivity index is 0.992. The van der Waals surface area contributed by atoms with Gasteiger partial charge >= 0.3 is 0 Å². The molecule has 9 aromatic carbocycles. The molecule has 0 atom stereocenters. The van der Waals surface area contributed by atoms with Gasteiger partial charge in [-0.3, -0.25) is 0 Å². The molecule has 3 heteroatoms. The van der Waals surface area contributed by atoms with Crippen LogP contribution in [0.15, 0.2) is 212 Å². The molecule has 10 aromatic rings. The van der Waals surface area contributed by atoms with Crippen molar-refractivity contribution in [3.05, 3.63) is 235 Å². The van der Waals surface area contributed by atoms with Gasteiger partial charge in [0.25, 0.3) is 0 Å². The maximum atomic E-state index is 5.18. The molecule has 0 spiro atoms. The summed E-state index contributed by atoms with van der Waals surface area (Å²) in [5, 5.41) is 0. The number of rotatable bonds is 9. The van der Waals surface area contributed by atoms with E-state index in [1.807, 2.05) is 18.2 Å². The number of hydrogen-bond donors (Lipinski definition) is 0. The highest BCUT2D eigenvalue weighted by Gasteiger charge is 2.15. The van der Waals surface area contributed by atoms with E-state index in [1.54, 1.807) is 0 Å². The van der Waals surface area contributed by atoms with E-state index in [-0.39, 0.29) is 0 Å². The smallest absolute Gasteiger partial charge is 0.164 e. The van der Waals surface area contributed by atoms with Gasteiger partial charge in [0.05, 0.1) is 0 Å². The lowest BCUT2D eigenvalue weighted by atomic mass is 9.93. The Bertz CT molecular complexity index is 3130. The van der Waals surface area contributed by atoms with Crippen LogP contribution >= 0.6 is 0 Å². The second kappa shape index (κ2) is 17.4. The summed E-state index contributed by atoms with van der Waals surface area (Å²) in [6, 6.07) is 75.8. The van der Waals surface area contributed by atoms with Crippen LogP contribution in [0, 0.1) is 27.7 Å². The molecule has 0 N–H and O–H groups in total. The van der Waals surface area contributed by atoms with E-state index in [0.717, 1.165) is 38.9 Å². The fourth-order valence-electron chi connectivity index (χ4n) is 8.61. The van der Waals surface area contributed by atoms with Crippen molar-refractivity contribution in [2.45, 2.75) is 27.7 Å². The first-order valence-electron chi connectivity index (χ1n) is 21.9. The standard InChI is InChI=1S/C61H47N3/c1-40-28-30-42(3)57(32-40)53-24-10-20-49(36-53)45-16-8-18-47(34-45)51-22-12-26-55(38-51)60-62-59(44-14-6-5-7-15-44)63-61(64-60)56-27-13-23-52(39-56)48-19-9-17-46(35-48)50-21-11-25-54(37-50)58-33-41(2)29-31-43(58)4/h5-39H,1-4H3. The molecule has 0 unspecified atom stereocenters. The highest BCUT2D eigenvalue weighted by atomic mass is 15.0. The van der Waals surface area contributed by atoms with Crippen LogP contribution in [-0.2, 0) is 0 Å². The zero-order chi connectivity index (χ0) is 43.6. The van der Waals surface area contributed by atoms with Crippen LogP contribution in [0.4, 0.5) is 0 Å². The average molecular weight is 822 g/mol. The summed E-state index contributed by atoms with van der Waals surface area (Å²) in [6.45, 7) is 8.66. The number of nitrogens with zero attached hydrogens (tertiary/aromatic N) is 3. The molecule has 0 saturated heterocycles. The molecule has 0 aliphatic carbocycles. The van der Waals surface area contributed by atoms with Gasteiger partial charge in [0, 0.05) is 16.7 Å². The molecule has 306 valence electrons. The fraction of sp³-hybridized carbons (Fsp3) is 0.0656. The van der Waals surface area contributed by atoms with Crippen LogP contribution < -0.4 is 0 Å². The van der Waals surface area contributed by atoms with E-state index in [1.165, 1.54) is 66.8 Å². The number of aromatic nitrogens is 3. The quantitative estimate of drug-likeness (QED) is 0.146. The van der Waals surface area contributed by atoms with Gasteiger partial charge in [0.15, 0.2) is 17.5 Å². The van der Waals surface area contributed by atoms with E-state index in [4.69, 9.17) is 15.0 Å². The molecule has 0 aliphatic heterocycles. The summed E-state index contributed by atoms with van der Waals surface area (Å²) in [7, 11) is 0. The van der Waals surface area contributed by atoms with Crippen LogP contribution in [0.2, 0.25) is 0 Å². The van der Waals surface area contributed by atoms with E-state index in [0.29, 0.717) is 17.5 Å². The molecule has 1 heterocycles. The number of aryl methyl sites for hydroxylation is 4. The number of benzene rings is 9. The van der Waals surface area contributed by atoms with Gasteiger partial charge in [-0.15, -0.1) is 0 Å². The van der Waals surface area contributed by atoms with Crippen molar-refractivity contribution in [1.82, 2.24) is 15.0 Å². The Morgan fingerprint density at radius 2 is 0.484 bits per heavy atom. The fourth-order valence-corrected chi connectivity index (χ4v) is 8.61. The zero-order valence-electron chi connectivity index (χ0n) is 36.5. The van der Waals surface area contributed by atoms with Crippen molar-refractivity contribution in [3.63, 3.8) is 0 Å². The van der Waals surface area contributed by atoms with Crippen LogP contribution in [0.1, 0.15) is 22.3 Å². The summed E-state index contributed by atoms with van der Waals surface area (Å²) in [5.41, 5.74) is 22.0. The van der Waals surface area contributed by atoms with Crippen molar-refractivity contribution in [3.8, 4) is 101 Å². The summed E-state index contributed by atoms with van der Waals surface area (Å²) >= 11 is 0. The lowest BCUT2D eigenvalue weighted by Crippen LogP contribution is -2.00. The predicted octanol–water partition coefficient (Wildman–Crippen LogP) is 16.1. The first-order valence-corrected chi connectivity index (χ1v) is 21.9. The first kappa shape index (κ1) is 40.1. The second-order valence-corrected chi connectivity index (χ2v) is 16.8. The van der Waals surface area contributed by atoms with Crippen LogP contribution in [0.3, 0.4) is 0 Å². The topological polar surface area (TPSA) is 38.7 Å². The minimum Gasteiger partial charge on any atom is -0.208 e. The van der Waals surface area contributed by atoms with Crippen molar-refractivity contribution in [1.29, 1.82) is 0 Å². The molecule has 64 heavy (non-hydrogen) atoms. The maximum Gasteiger partial charge on any atom is 0.164 e. The minimum absolute atomic E-state index is 0.624. The highest BCUT2D eigenvalue weighted by Crippen LogP contribution is 2.35. The van der Waals surface area contributed by atoms with E-state index in [2.05, 4.69) is 222 Å². The molecule has 0 saturated carbocycles. The Morgan fingerprint density at radius 3 is 0.844 bits per heavy atom. The largest absolute Gasteiger partial charge is 0.208 e. The number of hydrogen-bond acceptors (Lipinski definition) is 3. The third-order valence-corrected chi connectivity index (χ3v) is 12.1. The molecule has 1 aromatic heterocycles. The monoisotopic (exact) mass is 821 g/mol. The average Bonchev–Trinajstić information content (AvgIpc) is 3.36. The van der Waals surface area contributed by atoms with Crippen molar-refractivity contribution >= 4 is 0 Å². The Labute approximate surface area is 376 Å². The van der Waals surface area contributed by atoms with Crippen molar-refractivity contribution in [2.75, 3.05) is 0 Å². The maximum absolute atomic E-state index is 5.18. The molecule has 10 rings (SSSR count). The minimum atomic E-state index is 0.624. The molecule has 3 nitrogen and oxygen atoms in total. The van der Waals surface area contributed by atoms with Crippen molar-refractivity contribution in [2.24, 2.45) is 0 Å². The Hall–Kier alpha value is -8.01. The van der Waals surface area contributed by atoms with Gasteiger partial charge in [0.2, 0.25) is 0 Å². The first-order chi connectivity index (χ1) is 31.3. The SMILES string of the molecule is Cc1ccc(C)c(-c2cccc(-c3cccc(-c4cccc(-c5nc(-c6ccccc6)nc(-c6cccc(-c7cccc(-c8cccc(-c9cc(C)ccc9C)c8)c7)c6)n5)c4)c3)c2)c1. The zero-order valence-corrected chi connectivity index (χ0v) is 36.5. The summed E-state index contributed by atoms with van der Waals surface area (Å²) in [4.78, 5) is 15.4. The second-order valence-electron chi connectivity index (χ2n) is 16.8. The van der Waals surface area contributed by atoms with Crippen molar-refractivity contribution < 1.29 is 0 Å². The molecule has 0 aliphatic rings. The van der Waals surface area contributed by atoms with Gasteiger partial charge in [-0.2, -0.15) is 0 Å². The lowest BCUT2D eigenvalue weighted by Gasteiger charge is -2.12. The van der Waals surface area contributed by atoms with Gasteiger partial charge < -0.3 is 0 Å². The Morgan fingerprint density at radius 1 is 0.219 bits per heavy atom. The summed E-state index contributed by atoms with van der Waals surface area (Å²) in [5.74, 6) is 1.88. The molecular weight excluding hydrogens is 775 g/mol. The van der Waals surface area contributed by atoms with Crippen LogP contribution in [0.5, 0.6) is 0 Å². The van der Waals surface area contributed by atoms with Gasteiger partial charge in [0.1, 0.15) is 0 Å². The van der Waals surface area contributed by atoms with Crippen LogP contribution in [0.25, 0.3) is 101 Å². The summed E-state index contributed by atoms with van der Waals surface area (Å²) in [6.07, 6.45) is 0. The van der Waals surface area contributed by atoms with Gasteiger partial charge in [-0.25, -0.2) is 15.0 Å².